The summed E-state index contributed by atoms with van der Waals surface area (Å²) in [6, 6.07) is 7.84. The molecule has 1 aliphatic carbocycles. The van der Waals surface area contributed by atoms with E-state index in [4.69, 9.17) is 4.74 Å². The van der Waals surface area contributed by atoms with E-state index in [0.29, 0.717) is 6.61 Å². The largest absolute Gasteiger partial charge is 0.461 e. The van der Waals surface area contributed by atoms with Crippen molar-refractivity contribution in [1.82, 2.24) is 0 Å². The lowest BCUT2D eigenvalue weighted by molar-refractivity contribution is -0.149. The smallest absolute Gasteiger partial charge is 0.309 e. The monoisotopic (exact) mass is 282 g/mol. The van der Waals surface area contributed by atoms with Crippen LogP contribution < -0.4 is 0 Å². The molecule has 0 bridgehead atoms. The third-order valence-electron chi connectivity index (χ3n) is 2.98. The number of carbonyl (C=O) groups excluding carboxylic acids is 1. The maximum absolute atomic E-state index is 11.7. The highest BCUT2D eigenvalue weighted by Gasteiger charge is 2.23. The Morgan fingerprint density at radius 3 is 2.50 bits per heavy atom. The lowest BCUT2D eigenvalue weighted by Gasteiger charge is -2.09. The van der Waals surface area contributed by atoms with Crippen LogP contribution in [-0.4, -0.2) is 5.97 Å². The van der Waals surface area contributed by atoms with Gasteiger partial charge in [0.25, 0.3) is 0 Å². The Bertz CT molecular complexity index is 353. The van der Waals surface area contributed by atoms with Crippen molar-refractivity contribution in [2.75, 3.05) is 0 Å². The van der Waals surface area contributed by atoms with Gasteiger partial charge in [0.1, 0.15) is 6.61 Å². The first-order chi connectivity index (χ1) is 7.75. The minimum Gasteiger partial charge on any atom is -0.461 e. The van der Waals surface area contributed by atoms with Gasteiger partial charge in [0.15, 0.2) is 0 Å². The fraction of sp³-hybridized carbons (Fsp3) is 0.462. The molecule has 0 radical (unpaired) electrons. The summed E-state index contributed by atoms with van der Waals surface area (Å²) in [7, 11) is 0. The molecule has 16 heavy (non-hydrogen) atoms. The zero-order chi connectivity index (χ0) is 11.4. The van der Waals surface area contributed by atoms with E-state index >= 15 is 0 Å². The molecule has 2 rings (SSSR count). The number of hydrogen-bond acceptors (Lipinski definition) is 2. The van der Waals surface area contributed by atoms with Crippen molar-refractivity contribution < 1.29 is 9.53 Å². The molecule has 1 saturated carbocycles. The summed E-state index contributed by atoms with van der Waals surface area (Å²) in [4.78, 5) is 11.7. The van der Waals surface area contributed by atoms with Gasteiger partial charge in [-0.2, -0.15) is 0 Å². The molecule has 0 saturated heterocycles. The topological polar surface area (TPSA) is 26.3 Å². The van der Waals surface area contributed by atoms with Gasteiger partial charge < -0.3 is 4.74 Å². The molecule has 0 amide bonds. The second-order valence-electron chi connectivity index (χ2n) is 4.22. The summed E-state index contributed by atoms with van der Waals surface area (Å²) in [6.07, 6.45) is 4.33. The molecule has 1 fully saturated rings. The van der Waals surface area contributed by atoms with Gasteiger partial charge in [0.2, 0.25) is 0 Å². The van der Waals surface area contributed by atoms with Crippen LogP contribution in [0, 0.1) is 5.92 Å². The molecule has 0 N–H and O–H groups in total. The van der Waals surface area contributed by atoms with Crippen LogP contribution in [0.25, 0.3) is 0 Å². The molecule has 86 valence electrons. The molecule has 1 aliphatic rings. The van der Waals surface area contributed by atoms with Crippen LogP contribution >= 0.6 is 15.9 Å². The average Bonchev–Trinajstić information content (AvgIpc) is 2.81. The number of halogens is 1. The van der Waals surface area contributed by atoms with Crippen LogP contribution in [0.1, 0.15) is 31.2 Å². The molecule has 0 atom stereocenters. The molecule has 1 aromatic carbocycles. The van der Waals surface area contributed by atoms with E-state index in [1.807, 2.05) is 24.3 Å². The van der Waals surface area contributed by atoms with Crippen LogP contribution in [-0.2, 0) is 16.1 Å². The van der Waals surface area contributed by atoms with E-state index in [9.17, 15) is 4.79 Å². The Morgan fingerprint density at radius 1 is 1.25 bits per heavy atom. The van der Waals surface area contributed by atoms with Gasteiger partial charge in [-0.25, -0.2) is 0 Å². The van der Waals surface area contributed by atoms with Crippen molar-refractivity contribution in [2.24, 2.45) is 5.92 Å². The van der Waals surface area contributed by atoms with Crippen molar-refractivity contribution in [3.05, 3.63) is 34.3 Å². The van der Waals surface area contributed by atoms with E-state index < -0.39 is 0 Å². The molecule has 0 unspecified atom stereocenters. The number of rotatable bonds is 3. The van der Waals surface area contributed by atoms with Crippen molar-refractivity contribution in [3.8, 4) is 0 Å². The Kier molecular flexibility index (Phi) is 3.99. The summed E-state index contributed by atoms with van der Waals surface area (Å²) in [5.41, 5.74) is 1.04. The number of esters is 1. The SMILES string of the molecule is O=C(OCc1ccc(Br)cc1)C1CCCC1. The summed E-state index contributed by atoms with van der Waals surface area (Å²) in [6.45, 7) is 0.391. The molecule has 0 heterocycles. The minimum absolute atomic E-state index is 0.0274. The van der Waals surface area contributed by atoms with E-state index in [1.165, 1.54) is 0 Å². The van der Waals surface area contributed by atoms with Crippen LogP contribution in [0.2, 0.25) is 0 Å². The number of carbonyl (C=O) groups is 1. The fourth-order valence-corrected chi connectivity index (χ4v) is 2.28. The first-order valence-electron chi connectivity index (χ1n) is 5.67. The van der Waals surface area contributed by atoms with Crippen molar-refractivity contribution in [3.63, 3.8) is 0 Å². The first kappa shape index (κ1) is 11.6. The predicted molar refractivity (Wildman–Crippen MR) is 65.9 cm³/mol. The van der Waals surface area contributed by atoms with Crippen molar-refractivity contribution in [1.29, 1.82) is 0 Å². The number of benzene rings is 1. The highest BCUT2D eigenvalue weighted by molar-refractivity contribution is 9.10. The third kappa shape index (κ3) is 3.08. The van der Waals surface area contributed by atoms with Gasteiger partial charge in [0, 0.05) is 4.47 Å². The standard InChI is InChI=1S/C13H15BrO2/c14-12-7-5-10(6-8-12)9-16-13(15)11-3-1-2-4-11/h5-8,11H,1-4,9H2. The van der Waals surface area contributed by atoms with Crippen LogP contribution in [0.4, 0.5) is 0 Å². The Hall–Kier alpha value is -0.830. The van der Waals surface area contributed by atoms with Gasteiger partial charge in [-0.3, -0.25) is 4.79 Å². The molecule has 0 aliphatic heterocycles. The number of hydrogen-bond donors (Lipinski definition) is 0. The summed E-state index contributed by atoms with van der Waals surface area (Å²) in [5.74, 6) is 0.121. The van der Waals surface area contributed by atoms with E-state index in [2.05, 4.69) is 15.9 Å². The van der Waals surface area contributed by atoms with E-state index in [-0.39, 0.29) is 11.9 Å². The van der Waals surface area contributed by atoms with Crippen LogP contribution in [0.5, 0.6) is 0 Å². The average molecular weight is 283 g/mol. The van der Waals surface area contributed by atoms with Gasteiger partial charge >= 0.3 is 5.97 Å². The molecular formula is C13H15BrO2. The summed E-state index contributed by atoms with van der Waals surface area (Å²) in [5, 5.41) is 0. The first-order valence-corrected chi connectivity index (χ1v) is 6.46. The Balaban J connectivity index is 1.82. The van der Waals surface area contributed by atoms with Crippen LogP contribution in [0.3, 0.4) is 0 Å². The van der Waals surface area contributed by atoms with Crippen LogP contribution in [0.15, 0.2) is 28.7 Å². The Labute approximate surface area is 104 Å². The summed E-state index contributed by atoms with van der Waals surface area (Å²) >= 11 is 3.37. The maximum atomic E-state index is 11.7. The minimum atomic E-state index is -0.0274. The second kappa shape index (κ2) is 5.48. The second-order valence-corrected chi connectivity index (χ2v) is 5.13. The molecule has 2 nitrogen and oxygen atoms in total. The predicted octanol–water partition coefficient (Wildman–Crippen LogP) is 3.68. The lowest BCUT2D eigenvalue weighted by atomic mass is 10.1. The van der Waals surface area contributed by atoms with Gasteiger partial charge in [-0.05, 0) is 30.5 Å². The third-order valence-corrected chi connectivity index (χ3v) is 3.51. The highest BCUT2D eigenvalue weighted by atomic mass is 79.9. The quantitative estimate of drug-likeness (QED) is 0.791. The van der Waals surface area contributed by atoms with Gasteiger partial charge in [-0.15, -0.1) is 0 Å². The molecule has 0 aromatic heterocycles. The maximum Gasteiger partial charge on any atom is 0.309 e. The highest BCUT2D eigenvalue weighted by Crippen LogP contribution is 2.26. The van der Waals surface area contributed by atoms with Crippen molar-refractivity contribution >= 4 is 21.9 Å². The Morgan fingerprint density at radius 2 is 1.88 bits per heavy atom. The number of ether oxygens (including phenoxy) is 1. The molecular weight excluding hydrogens is 268 g/mol. The molecule has 3 heteroatoms. The molecule has 0 spiro atoms. The van der Waals surface area contributed by atoms with E-state index in [1.54, 1.807) is 0 Å². The zero-order valence-corrected chi connectivity index (χ0v) is 10.7. The fourth-order valence-electron chi connectivity index (χ4n) is 2.01. The lowest BCUT2D eigenvalue weighted by Crippen LogP contribution is -2.14. The van der Waals surface area contributed by atoms with Gasteiger partial charge in [0.05, 0.1) is 5.92 Å². The normalized spacial score (nSPS) is 16.3. The molecule has 1 aromatic rings. The zero-order valence-electron chi connectivity index (χ0n) is 9.12. The van der Waals surface area contributed by atoms with Gasteiger partial charge in [-0.1, -0.05) is 40.9 Å². The summed E-state index contributed by atoms with van der Waals surface area (Å²) < 4.78 is 6.34. The van der Waals surface area contributed by atoms with Crippen molar-refractivity contribution in [2.45, 2.75) is 32.3 Å². The van der Waals surface area contributed by atoms with E-state index in [0.717, 1.165) is 35.7 Å².